The molecule has 4 amide bonds. The number of hydrogen-bond donors (Lipinski definition) is 3. The first-order valence-electron chi connectivity index (χ1n) is 9.50. The van der Waals surface area contributed by atoms with Crippen LogP contribution in [0.25, 0.3) is 0 Å². The van der Waals surface area contributed by atoms with Gasteiger partial charge in [-0.3, -0.25) is 4.68 Å². The number of ether oxygens (including phenoxy) is 1. The quantitative estimate of drug-likeness (QED) is 0.711. The van der Waals surface area contributed by atoms with E-state index in [1.807, 2.05) is 24.3 Å². The number of hydrogen-bond acceptors (Lipinski definition) is 4. The largest absolute Gasteiger partial charge is 0.376 e. The van der Waals surface area contributed by atoms with Gasteiger partial charge in [0.1, 0.15) is 0 Å². The van der Waals surface area contributed by atoms with Crippen LogP contribution in [0.1, 0.15) is 18.4 Å². The monoisotopic (exact) mass is 384 g/mol. The molecule has 3 heterocycles. The molecule has 2 saturated heterocycles. The van der Waals surface area contributed by atoms with Crippen molar-refractivity contribution in [3.63, 3.8) is 0 Å². The molecule has 148 valence electrons. The van der Waals surface area contributed by atoms with Gasteiger partial charge in [-0.15, -0.1) is 0 Å². The van der Waals surface area contributed by atoms with Gasteiger partial charge in [-0.1, -0.05) is 18.2 Å². The maximum Gasteiger partial charge on any atom is 0.323 e. The Balaban J connectivity index is 1.35. The Labute approximate surface area is 163 Å². The van der Waals surface area contributed by atoms with Crippen molar-refractivity contribution in [2.24, 2.45) is 0 Å². The highest BCUT2D eigenvalue weighted by Gasteiger charge is 2.21. The van der Waals surface area contributed by atoms with E-state index in [0.717, 1.165) is 25.0 Å². The maximum atomic E-state index is 12.4. The summed E-state index contributed by atoms with van der Waals surface area (Å²) >= 11 is 0. The lowest BCUT2D eigenvalue weighted by Crippen LogP contribution is -2.28. The third-order valence-electron chi connectivity index (χ3n) is 4.88. The molecule has 28 heavy (non-hydrogen) atoms. The van der Waals surface area contributed by atoms with Gasteiger partial charge in [0, 0.05) is 38.1 Å². The summed E-state index contributed by atoms with van der Waals surface area (Å²) in [6.45, 7) is 3.23. The van der Waals surface area contributed by atoms with E-state index in [0.29, 0.717) is 37.6 Å². The zero-order chi connectivity index (χ0) is 19.3. The highest BCUT2D eigenvalue weighted by Crippen LogP contribution is 2.19. The van der Waals surface area contributed by atoms with Gasteiger partial charge in [0.15, 0.2) is 0 Å². The number of nitrogens with one attached hydrogen (secondary N) is 3. The fourth-order valence-corrected chi connectivity index (χ4v) is 3.46. The summed E-state index contributed by atoms with van der Waals surface area (Å²) in [5.74, 6) is 0. The average Bonchev–Trinajstić information content (AvgIpc) is 3.42. The van der Waals surface area contributed by atoms with Gasteiger partial charge in [-0.25, -0.2) is 9.59 Å². The topological polar surface area (TPSA) is 101 Å². The molecular formula is C19H24N6O3. The van der Waals surface area contributed by atoms with Crippen molar-refractivity contribution in [2.75, 3.05) is 30.3 Å². The number of urea groups is 2. The Morgan fingerprint density at radius 3 is 3.00 bits per heavy atom. The minimum Gasteiger partial charge on any atom is -0.376 e. The van der Waals surface area contributed by atoms with Gasteiger partial charge in [-0.05, 0) is 24.5 Å². The van der Waals surface area contributed by atoms with Crippen LogP contribution in [0.4, 0.5) is 21.0 Å². The van der Waals surface area contributed by atoms with Crippen molar-refractivity contribution in [3.8, 4) is 0 Å². The van der Waals surface area contributed by atoms with Crippen LogP contribution >= 0.6 is 0 Å². The lowest BCUT2D eigenvalue weighted by molar-refractivity contribution is 0.0940. The molecule has 9 heteroatoms. The SMILES string of the molecule is O=C(Nc1cnn(CC2CCCO2)c1)Nc1ccccc1CN1CCNC1=O. The molecule has 0 aliphatic carbocycles. The van der Waals surface area contributed by atoms with Gasteiger partial charge in [-0.2, -0.15) is 5.10 Å². The summed E-state index contributed by atoms with van der Waals surface area (Å²) < 4.78 is 7.39. The number of amides is 4. The molecule has 1 aromatic heterocycles. The van der Waals surface area contributed by atoms with Crippen LogP contribution in [0, 0.1) is 0 Å². The van der Waals surface area contributed by atoms with E-state index in [4.69, 9.17) is 4.74 Å². The van der Waals surface area contributed by atoms with Crippen LogP contribution in [-0.2, 0) is 17.8 Å². The number of carbonyl (C=O) groups excluding carboxylic acids is 2. The fraction of sp³-hybridized carbons (Fsp3) is 0.421. The molecule has 1 atom stereocenters. The van der Waals surface area contributed by atoms with Crippen molar-refractivity contribution in [1.82, 2.24) is 20.0 Å². The first-order chi connectivity index (χ1) is 13.7. The van der Waals surface area contributed by atoms with Crippen molar-refractivity contribution in [3.05, 3.63) is 42.2 Å². The fourth-order valence-electron chi connectivity index (χ4n) is 3.46. The number of rotatable bonds is 6. The van der Waals surface area contributed by atoms with E-state index >= 15 is 0 Å². The Hall–Kier alpha value is -3.07. The van der Waals surface area contributed by atoms with E-state index in [9.17, 15) is 9.59 Å². The zero-order valence-electron chi connectivity index (χ0n) is 15.6. The third-order valence-corrected chi connectivity index (χ3v) is 4.88. The highest BCUT2D eigenvalue weighted by molar-refractivity contribution is 6.00. The van der Waals surface area contributed by atoms with Crippen LogP contribution in [0.15, 0.2) is 36.7 Å². The highest BCUT2D eigenvalue weighted by atomic mass is 16.5. The molecule has 3 N–H and O–H groups in total. The van der Waals surface area contributed by atoms with Crippen molar-refractivity contribution in [1.29, 1.82) is 0 Å². The third kappa shape index (κ3) is 4.42. The minimum atomic E-state index is -0.352. The minimum absolute atomic E-state index is 0.0853. The molecule has 0 radical (unpaired) electrons. The van der Waals surface area contributed by atoms with E-state index < -0.39 is 0 Å². The molecular weight excluding hydrogens is 360 g/mol. The maximum absolute atomic E-state index is 12.4. The molecule has 0 spiro atoms. The zero-order valence-corrected chi connectivity index (χ0v) is 15.6. The lowest BCUT2D eigenvalue weighted by atomic mass is 10.1. The van der Waals surface area contributed by atoms with Crippen LogP contribution in [0.3, 0.4) is 0 Å². The van der Waals surface area contributed by atoms with E-state index in [2.05, 4.69) is 21.0 Å². The molecule has 1 unspecified atom stereocenters. The van der Waals surface area contributed by atoms with E-state index in [1.54, 1.807) is 22.0 Å². The number of anilines is 2. The van der Waals surface area contributed by atoms with Crippen LogP contribution in [0.5, 0.6) is 0 Å². The molecule has 9 nitrogen and oxygen atoms in total. The van der Waals surface area contributed by atoms with E-state index in [-0.39, 0.29) is 18.2 Å². The molecule has 0 bridgehead atoms. The van der Waals surface area contributed by atoms with Crippen LogP contribution in [0.2, 0.25) is 0 Å². The summed E-state index contributed by atoms with van der Waals surface area (Å²) in [5.41, 5.74) is 2.17. The summed E-state index contributed by atoms with van der Waals surface area (Å²) in [6, 6.07) is 7.03. The number of benzene rings is 1. The molecule has 2 aromatic rings. The predicted octanol–water partition coefficient (Wildman–Crippen LogP) is 2.23. The Morgan fingerprint density at radius 1 is 1.32 bits per heavy atom. The Bertz CT molecular complexity index is 846. The first-order valence-corrected chi connectivity index (χ1v) is 9.50. The van der Waals surface area contributed by atoms with Crippen molar-refractivity contribution >= 4 is 23.4 Å². The molecule has 1 aromatic carbocycles. The number of aromatic nitrogens is 2. The smallest absolute Gasteiger partial charge is 0.323 e. The molecule has 2 fully saturated rings. The number of carbonyl (C=O) groups is 2. The predicted molar refractivity (Wildman–Crippen MR) is 104 cm³/mol. The number of nitrogens with zero attached hydrogens (tertiary/aromatic N) is 3. The molecule has 2 aliphatic heterocycles. The first kappa shape index (κ1) is 18.3. The van der Waals surface area contributed by atoms with Gasteiger partial charge in [0.25, 0.3) is 0 Å². The Kier molecular flexibility index (Phi) is 5.43. The van der Waals surface area contributed by atoms with Crippen LogP contribution < -0.4 is 16.0 Å². The summed E-state index contributed by atoms with van der Waals surface area (Å²) in [7, 11) is 0. The molecule has 0 saturated carbocycles. The van der Waals surface area contributed by atoms with Gasteiger partial charge >= 0.3 is 12.1 Å². The second-order valence-corrected chi connectivity index (χ2v) is 6.98. The molecule has 2 aliphatic rings. The Morgan fingerprint density at radius 2 is 2.21 bits per heavy atom. The van der Waals surface area contributed by atoms with E-state index in [1.165, 1.54) is 0 Å². The van der Waals surface area contributed by atoms with Crippen molar-refractivity contribution in [2.45, 2.75) is 32.0 Å². The van der Waals surface area contributed by atoms with Crippen molar-refractivity contribution < 1.29 is 14.3 Å². The average molecular weight is 384 g/mol. The summed E-state index contributed by atoms with van der Waals surface area (Å²) in [4.78, 5) is 25.9. The molecule has 4 rings (SSSR count). The summed E-state index contributed by atoms with van der Waals surface area (Å²) in [6.07, 6.45) is 5.72. The van der Waals surface area contributed by atoms with Gasteiger partial charge < -0.3 is 25.6 Å². The standard InChI is InChI=1S/C19H24N6O3/c26-18(22-15-10-21-25(12-15)13-16-5-3-9-28-16)23-17-6-2-1-4-14(17)11-24-8-7-20-19(24)27/h1-2,4,6,10,12,16H,3,5,7-9,11,13H2,(H,20,27)(H2,22,23,26). The van der Waals surface area contributed by atoms with Gasteiger partial charge in [0.2, 0.25) is 0 Å². The van der Waals surface area contributed by atoms with Crippen LogP contribution in [-0.4, -0.2) is 52.5 Å². The second-order valence-electron chi connectivity index (χ2n) is 6.98. The normalized spacial score (nSPS) is 18.9. The summed E-state index contributed by atoms with van der Waals surface area (Å²) in [5, 5.41) is 12.7. The lowest BCUT2D eigenvalue weighted by Gasteiger charge is -2.17. The number of para-hydroxylation sites is 1. The van der Waals surface area contributed by atoms with Gasteiger partial charge in [0.05, 0.1) is 24.5 Å². The second kappa shape index (κ2) is 8.30.